The summed E-state index contributed by atoms with van der Waals surface area (Å²) in [6.45, 7) is 8.29. The largest absolute Gasteiger partial charge is 0.295 e. The molecule has 1 aromatic rings. The maximum absolute atomic E-state index is 13.8. The standard InChI is InChI=1S/C17H23F2N/c1-16(2)7-12-8-17(3,10-16)11-20(12)9-13-14(18)5-4-6-15(13)19/h4-6,12H,7-11H2,1-3H3/t12-,17+/m0/s1. The number of benzene rings is 1. The molecule has 1 aliphatic heterocycles. The van der Waals surface area contributed by atoms with Gasteiger partial charge >= 0.3 is 0 Å². The van der Waals surface area contributed by atoms with Crippen molar-refractivity contribution in [3.05, 3.63) is 35.4 Å². The van der Waals surface area contributed by atoms with Crippen molar-refractivity contribution >= 4 is 0 Å². The van der Waals surface area contributed by atoms with E-state index in [0.29, 0.717) is 23.4 Å². The molecular formula is C17H23F2N. The van der Waals surface area contributed by atoms with Crippen molar-refractivity contribution in [2.45, 2.75) is 52.6 Å². The van der Waals surface area contributed by atoms with E-state index < -0.39 is 11.6 Å². The minimum atomic E-state index is -0.420. The third-order valence-electron chi connectivity index (χ3n) is 4.95. The topological polar surface area (TPSA) is 3.24 Å². The molecule has 0 unspecified atom stereocenters. The first-order valence-electron chi connectivity index (χ1n) is 7.45. The summed E-state index contributed by atoms with van der Waals surface area (Å²) >= 11 is 0. The van der Waals surface area contributed by atoms with Crippen molar-refractivity contribution in [3.63, 3.8) is 0 Å². The SMILES string of the molecule is CC1(C)C[C@H]2C[C@@](C)(CN2Cc2c(F)cccc2F)C1. The molecule has 2 atom stereocenters. The van der Waals surface area contributed by atoms with Crippen LogP contribution in [-0.4, -0.2) is 17.5 Å². The quantitative estimate of drug-likeness (QED) is 0.777. The monoisotopic (exact) mass is 279 g/mol. The fourth-order valence-electron chi connectivity index (χ4n) is 4.65. The van der Waals surface area contributed by atoms with E-state index in [1.165, 1.54) is 24.6 Å². The number of nitrogens with zero attached hydrogens (tertiary/aromatic N) is 1. The highest BCUT2D eigenvalue weighted by Crippen LogP contribution is 2.52. The van der Waals surface area contributed by atoms with Gasteiger partial charge in [-0.05, 0) is 42.2 Å². The summed E-state index contributed by atoms with van der Waals surface area (Å²) < 4.78 is 27.7. The second-order valence-electron chi connectivity index (χ2n) is 7.82. The summed E-state index contributed by atoms with van der Waals surface area (Å²) in [5.74, 6) is -0.841. The summed E-state index contributed by atoms with van der Waals surface area (Å²) in [6.07, 6.45) is 3.48. The highest BCUT2D eigenvalue weighted by Gasteiger charge is 2.49. The molecule has 3 heteroatoms. The zero-order valence-corrected chi connectivity index (χ0v) is 12.5. The van der Waals surface area contributed by atoms with Crippen molar-refractivity contribution in [2.24, 2.45) is 10.8 Å². The molecule has 2 fully saturated rings. The predicted octanol–water partition coefficient (Wildman–Crippen LogP) is 4.37. The van der Waals surface area contributed by atoms with Crippen LogP contribution in [-0.2, 0) is 6.54 Å². The molecule has 2 aliphatic rings. The van der Waals surface area contributed by atoms with Gasteiger partial charge in [0.25, 0.3) is 0 Å². The van der Waals surface area contributed by atoms with Crippen LogP contribution in [0.5, 0.6) is 0 Å². The summed E-state index contributed by atoms with van der Waals surface area (Å²) in [7, 11) is 0. The molecule has 0 N–H and O–H groups in total. The molecule has 1 saturated heterocycles. The van der Waals surface area contributed by atoms with E-state index in [4.69, 9.17) is 0 Å². The highest BCUT2D eigenvalue weighted by molar-refractivity contribution is 5.20. The first kappa shape index (κ1) is 14.0. The average Bonchev–Trinajstić information content (AvgIpc) is 2.53. The fourth-order valence-corrected chi connectivity index (χ4v) is 4.65. The lowest BCUT2D eigenvalue weighted by Gasteiger charge is -2.40. The Labute approximate surface area is 120 Å². The van der Waals surface area contributed by atoms with Crippen LogP contribution in [0, 0.1) is 22.5 Å². The molecule has 110 valence electrons. The van der Waals surface area contributed by atoms with Gasteiger partial charge in [-0.2, -0.15) is 0 Å². The minimum absolute atomic E-state index is 0.224. The minimum Gasteiger partial charge on any atom is -0.295 e. The molecule has 20 heavy (non-hydrogen) atoms. The smallest absolute Gasteiger partial charge is 0.130 e. The molecule has 3 rings (SSSR count). The van der Waals surface area contributed by atoms with Crippen molar-refractivity contribution in [2.75, 3.05) is 6.54 Å². The van der Waals surface area contributed by atoms with Crippen molar-refractivity contribution in [1.29, 1.82) is 0 Å². The number of likely N-dealkylation sites (tertiary alicyclic amines) is 1. The van der Waals surface area contributed by atoms with Gasteiger partial charge in [-0.25, -0.2) is 8.78 Å². The van der Waals surface area contributed by atoms with Crippen molar-refractivity contribution < 1.29 is 8.78 Å². The van der Waals surface area contributed by atoms with Gasteiger partial charge in [0.2, 0.25) is 0 Å². The summed E-state index contributed by atoms with van der Waals surface area (Å²) in [5.41, 5.74) is 0.857. The van der Waals surface area contributed by atoms with Crippen LogP contribution in [0.4, 0.5) is 8.78 Å². The molecule has 0 amide bonds. The zero-order valence-electron chi connectivity index (χ0n) is 12.5. The molecule has 0 radical (unpaired) electrons. The third-order valence-corrected chi connectivity index (χ3v) is 4.95. The highest BCUT2D eigenvalue weighted by atomic mass is 19.1. The van der Waals surface area contributed by atoms with Crippen LogP contribution in [0.15, 0.2) is 18.2 Å². The molecule has 0 aromatic heterocycles. The second-order valence-corrected chi connectivity index (χ2v) is 7.82. The number of hydrogen-bond donors (Lipinski definition) is 0. The van der Waals surface area contributed by atoms with Gasteiger partial charge < -0.3 is 0 Å². The van der Waals surface area contributed by atoms with Crippen molar-refractivity contribution in [1.82, 2.24) is 4.90 Å². The average molecular weight is 279 g/mol. The van der Waals surface area contributed by atoms with E-state index in [9.17, 15) is 8.78 Å². The lowest BCUT2D eigenvalue weighted by atomic mass is 9.65. The number of fused-ring (bicyclic) bond motifs is 2. The van der Waals surface area contributed by atoms with Gasteiger partial charge in [0, 0.05) is 24.7 Å². The van der Waals surface area contributed by atoms with Crippen LogP contribution >= 0.6 is 0 Å². The van der Waals surface area contributed by atoms with Gasteiger partial charge in [0.05, 0.1) is 0 Å². The van der Waals surface area contributed by atoms with E-state index in [-0.39, 0.29) is 5.56 Å². The van der Waals surface area contributed by atoms with E-state index in [1.807, 2.05) is 0 Å². The normalized spacial score (nSPS) is 32.5. The Morgan fingerprint density at radius 2 is 1.80 bits per heavy atom. The van der Waals surface area contributed by atoms with E-state index in [0.717, 1.165) is 19.4 Å². The summed E-state index contributed by atoms with van der Waals surface area (Å²) in [4.78, 5) is 2.29. The third kappa shape index (κ3) is 2.48. The molecule has 1 heterocycles. The van der Waals surface area contributed by atoms with Crippen molar-refractivity contribution in [3.8, 4) is 0 Å². The van der Waals surface area contributed by atoms with Crippen LogP contribution in [0.3, 0.4) is 0 Å². The number of halogens is 2. The summed E-state index contributed by atoms with van der Waals surface area (Å²) in [5, 5.41) is 0. The molecule has 1 aliphatic carbocycles. The molecular weight excluding hydrogens is 256 g/mol. The van der Waals surface area contributed by atoms with Crippen LogP contribution in [0.25, 0.3) is 0 Å². The zero-order chi connectivity index (χ0) is 14.5. The Morgan fingerprint density at radius 3 is 2.45 bits per heavy atom. The Balaban J connectivity index is 1.83. The van der Waals surface area contributed by atoms with Crippen LogP contribution in [0.1, 0.15) is 45.6 Å². The molecule has 2 bridgehead atoms. The molecule has 0 spiro atoms. The van der Waals surface area contributed by atoms with Gasteiger partial charge in [-0.15, -0.1) is 0 Å². The lowest BCUT2D eigenvalue weighted by molar-refractivity contribution is 0.126. The Bertz CT molecular complexity index is 505. The van der Waals surface area contributed by atoms with Gasteiger partial charge in [0.1, 0.15) is 11.6 Å². The lowest BCUT2D eigenvalue weighted by Crippen LogP contribution is -2.34. The van der Waals surface area contributed by atoms with E-state index >= 15 is 0 Å². The molecule has 1 saturated carbocycles. The number of hydrogen-bond acceptors (Lipinski definition) is 1. The van der Waals surface area contributed by atoms with E-state index in [1.54, 1.807) is 0 Å². The van der Waals surface area contributed by atoms with E-state index in [2.05, 4.69) is 25.7 Å². The summed E-state index contributed by atoms with van der Waals surface area (Å²) in [6, 6.07) is 4.60. The van der Waals surface area contributed by atoms with Crippen LogP contribution < -0.4 is 0 Å². The number of rotatable bonds is 2. The fraction of sp³-hybridized carbons (Fsp3) is 0.647. The van der Waals surface area contributed by atoms with Gasteiger partial charge in [-0.3, -0.25) is 4.90 Å². The maximum atomic E-state index is 13.8. The first-order valence-corrected chi connectivity index (χ1v) is 7.45. The Morgan fingerprint density at radius 1 is 1.15 bits per heavy atom. The Kier molecular flexibility index (Phi) is 3.16. The predicted molar refractivity (Wildman–Crippen MR) is 76.3 cm³/mol. The first-order chi connectivity index (χ1) is 9.28. The van der Waals surface area contributed by atoms with Gasteiger partial charge in [0.15, 0.2) is 0 Å². The van der Waals surface area contributed by atoms with Gasteiger partial charge in [-0.1, -0.05) is 26.8 Å². The Hall–Kier alpha value is -0.960. The maximum Gasteiger partial charge on any atom is 0.130 e. The second kappa shape index (κ2) is 4.52. The molecule has 1 aromatic carbocycles. The van der Waals surface area contributed by atoms with Crippen LogP contribution in [0.2, 0.25) is 0 Å². The molecule has 1 nitrogen and oxygen atoms in total.